The van der Waals surface area contributed by atoms with Gasteiger partial charge in [0, 0.05) is 27.1 Å². The number of nitrogens with zero attached hydrogens (tertiary/aromatic N) is 1. The van der Waals surface area contributed by atoms with Crippen LogP contribution >= 0.6 is 34.2 Å². The predicted molar refractivity (Wildman–Crippen MR) is 91.2 cm³/mol. The standard InChI is InChI=1S/C16H11ClINO2/c17-10-5-6-13(18)12(9-10)16(21)19-8-7-15(20)11-3-1-2-4-14(11)19/h1-6,9H,7-8H2. The molecule has 0 atom stereocenters. The van der Waals surface area contributed by atoms with Crippen LogP contribution in [0.5, 0.6) is 0 Å². The Bertz CT molecular complexity index is 745. The maximum absolute atomic E-state index is 12.8. The van der Waals surface area contributed by atoms with Crippen molar-refractivity contribution < 1.29 is 9.59 Å². The first-order valence-corrected chi connectivity index (χ1v) is 7.93. The van der Waals surface area contributed by atoms with Gasteiger partial charge in [-0.05, 0) is 52.9 Å². The third-order valence-electron chi connectivity index (χ3n) is 3.46. The number of amides is 1. The Morgan fingerprint density at radius 3 is 2.76 bits per heavy atom. The molecule has 1 aliphatic rings. The smallest absolute Gasteiger partial charge is 0.259 e. The van der Waals surface area contributed by atoms with Crippen molar-refractivity contribution in [2.45, 2.75) is 6.42 Å². The van der Waals surface area contributed by atoms with Gasteiger partial charge in [0.2, 0.25) is 0 Å². The first-order valence-electron chi connectivity index (χ1n) is 6.47. The molecular weight excluding hydrogens is 401 g/mol. The third kappa shape index (κ3) is 2.70. The molecule has 3 nitrogen and oxygen atoms in total. The van der Waals surface area contributed by atoms with Crippen LogP contribution in [0.3, 0.4) is 0 Å². The minimum atomic E-state index is -0.123. The van der Waals surface area contributed by atoms with Crippen LogP contribution in [0, 0.1) is 3.57 Å². The summed E-state index contributed by atoms with van der Waals surface area (Å²) in [5.74, 6) is -0.0442. The normalized spacial score (nSPS) is 14.0. The molecule has 0 saturated carbocycles. The van der Waals surface area contributed by atoms with E-state index in [-0.39, 0.29) is 11.7 Å². The summed E-state index contributed by atoms with van der Waals surface area (Å²) in [6, 6.07) is 12.5. The first-order chi connectivity index (χ1) is 10.1. The van der Waals surface area contributed by atoms with Gasteiger partial charge >= 0.3 is 0 Å². The molecule has 0 spiro atoms. The van der Waals surface area contributed by atoms with E-state index in [1.807, 2.05) is 24.3 Å². The van der Waals surface area contributed by atoms with Crippen molar-refractivity contribution in [1.82, 2.24) is 0 Å². The van der Waals surface area contributed by atoms with Gasteiger partial charge in [-0.25, -0.2) is 0 Å². The number of rotatable bonds is 1. The van der Waals surface area contributed by atoms with Gasteiger partial charge in [0.15, 0.2) is 5.78 Å². The lowest BCUT2D eigenvalue weighted by Crippen LogP contribution is -2.37. The number of halogens is 2. The molecule has 3 rings (SSSR count). The van der Waals surface area contributed by atoms with Gasteiger partial charge in [-0.2, -0.15) is 0 Å². The monoisotopic (exact) mass is 411 g/mol. The molecule has 2 aromatic rings. The maximum atomic E-state index is 12.8. The second-order valence-electron chi connectivity index (χ2n) is 4.77. The topological polar surface area (TPSA) is 37.4 Å². The van der Waals surface area contributed by atoms with Gasteiger partial charge < -0.3 is 4.90 Å². The fourth-order valence-electron chi connectivity index (χ4n) is 2.43. The summed E-state index contributed by atoms with van der Waals surface area (Å²) < 4.78 is 0.844. The highest BCUT2D eigenvalue weighted by Gasteiger charge is 2.28. The van der Waals surface area contributed by atoms with E-state index in [4.69, 9.17) is 11.6 Å². The van der Waals surface area contributed by atoms with Crippen molar-refractivity contribution >= 4 is 51.6 Å². The number of para-hydroxylation sites is 1. The van der Waals surface area contributed by atoms with Crippen LogP contribution in [0.2, 0.25) is 5.02 Å². The van der Waals surface area contributed by atoms with E-state index in [2.05, 4.69) is 22.6 Å². The molecule has 0 saturated heterocycles. The molecule has 0 aliphatic carbocycles. The van der Waals surface area contributed by atoms with Crippen LogP contribution in [0.25, 0.3) is 0 Å². The van der Waals surface area contributed by atoms with E-state index < -0.39 is 0 Å². The van der Waals surface area contributed by atoms with E-state index in [9.17, 15) is 9.59 Å². The lowest BCUT2D eigenvalue weighted by Gasteiger charge is -2.29. The average Bonchev–Trinajstić information content (AvgIpc) is 2.50. The van der Waals surface area contributed by atoms with Gasteiger partial charge in [0.1, 0.15) is 0 Å². The summed E-state index contributed by atoms with van der Waals surface area (Å²) in [6.07, 6.45) is 0.347. The zero-order valence-electron chi connectivity index (χ0n) is 11.0. The Morgan fingerprint density at radius 2 is 1.95 bits per heavy atom. The molecule has 5 heteroatoms. The number of carbonyl (C=O) groups excluding carboxylic acids is 2. The highest BCUT2D eigenvalue weighted by Crippen LogP contribution is 2.29. The summed E-state index contributed by atoms with van der Waals surface area (Å²) in [5, 5.41) is 0.528. The number of benzene rings is 2. The Kier molecular flexibility index (Phi) is 3.99. The number of Topliss-reactive ketones (excluding diaryl/α,β-unsaturated/α-hetero) is 1. The fraction of sp³-hybridized carbons (Fsp3) is 0.125. The zero-order chi connectivity index (χ0) is 15.0. The molecule has 1 aliphatic heterocycles. The van der Waals surface area contributed by atoms with Crippen LogP contribution in [0.4, 0.5) is 5.69 Å². The van der Waals surface area contributed by atoms with Crippen LogP contribution < -0.4 is 4.90 Å². The number of fused-ring (bicyclic) bond motifs is 1. The Morgan fingerprint density at radius 1 is 1.19 bits per heavy atom. The summed E-state index contributed by atoms with van der Waals surface area (Å²) in [6.45, 7) is 0.400. The van der Waals surface area contributed by atoms with E-state index >= 15 is 0 Å². The molecular formula is C16H11ClINO2. The second-order valence-corrected chi connectivity index (χ2v) is 6.37. The van der Waals surface area contributed by atoms with Gasteiger partial charge in [-0.15, -0.1) is 0 Å². The van der Waals surface area contributed by atoms with Crippen molar-refractivity contribution in [3.05, 3.63) is 62.2 Å². The molecule has 0 N–H and O–H groups in total. The molecule has 106 valence electrons. The molecule has 21 heavy (non-hydrogen) atoms. The van der Waals surface area contributed by atoms with E-state index in [0.717, 1.165) is 3.57 Å². The summed E-state index contributed by atoms with van der Waals surface area (Å²) in [4.78, 5) is 26.4. The summed E-state index contributed by atoms with van der Waals surface area (Å²) in [7, 11) is 0. The Hall–Kier alpha value is -1.40. The molecule has 0 radical (unpaired) electrons. The zero-order valence-corrected chi connectivity index (χ0v) is 13.9. The number of ketones is 1. The van der Waals surface area contributed by atoms with Gasteiger partial charge in [0.25, 0.3) is 5.91 Å². The number of carbonyl (C=O) groups is 2. The maximum Gasteiger partial charge on any atom is 0.259 e. The summed E-state index contributed by atoms with van der Waals surface area (Å²) in [5.41, 5.74) is 1.84. The van der Waals surface area contributed by atoms with Crippen molar-refractivity contribution in [2.24, 2.45) is 0 Å². The minimum Gasteiger partial charge on any atom is -0.307 e. The Balaban J connectivity index is 2.05. The van der Waals surface area contributed by atoms with Crippen molar-refractivity contribution in [3.8, 4) is 0 Å². The van der Waals surface area contributed by atoms with E-state index in [0.29, 0.717) is 34.8 Å². The van der Waals surface area contributed by atoms with Crippen molar-refractivity contribution in [2.75, 3.05) is 11.4 Å². The van der Waals surface area contributed by atoms with Gasteiger partial charge in [-0.1, -0.05) is 23.7 Å². The lowest BCUT2D eigenvalue weighted by atomic mass is 9.99. The lowest BCUT2D eigenvalue weighted by molar-refractivity contribution is 0.0954. The van der Waals surface area contributed by atoms with Crippen molar-refractivity contribution in [1.29, 1.82) is 0 Å². The second kappa shape index (κ2) is 5.77. The van der Waals surface area contributed by atoms with Gasteiger partial charge in [0.05, 0.1) is 11.3 Å². The summed E-state index contributed by atoms with van der Waals surface area (Å²) >= 11 is 8.11. The first kappa shape index (κ1) is 14.5. The fourth-order valence-corrected chi connectivity index (χ4v) is 3.17. The minimum absolute atomic E-state index is 0.0791. The number of hydrogen-bond donors (Lipinski definition) is 0. The highest BCUT2D eigenvalue weighted by atomic mass is 127. The molecule has 1 heterocycles. The quantitative estimate of drug-likeness (QED) is 0.660. The highest BCUT2D eigenvalue weighted by molar-refractivity contribution is 14.1. The van der Waals surface area contributed by atoms with Crippen LogP contribution in [0.15, 0.2) is 42.5 Å². The largest absolute Gasteiger partial charge is 0.307 e. The molecule has 0 unspecified atom stereocenters. The van der Waals surface area contributed by atoms with Gasteiger partial charge in [-0.3, -0.25) is 9.59 Å². The van der Waals surface area contributed by atoms with Crippen LogP contribution in [-0.4, -0.2) is 18.2 Å². The SMILES string of the molecule is O=C1CCN(C(=O)c2cc(Cl)ccc2I)c2ccccc21. The van der Waals surface area contributed by atoms with Crippen LogP contribution in [0.1, 0.15) is 27.1 Å². The number of hydrogen-bond acceptors (Lipinski definition) is 2. The average molecular weight is 412 g/mol. The predicted octanol–water partition coefficient (Wildman–Crippen LogP) is 4.18. The molecule has 0 fully saturated rings. The molecule has 0 aromatic heterocycles. The molecule has 2 aromatic carbocycles. The van der Waals surface area contributed by atoms with Crippen LogP contribution in [-0.2, 0) is 0 Å². The van der Waals surface area contributed by atoms with E-state index in [1.165, 1.54) is 0 Å². The molecule has 1 amide bonds. The Labute approximate surface area is 141 Å². The van der Waals surface area contributed by atoms with Crippen molar-refractivity contribution in [3.63, 3.8) is 0 Å². The third-order valence-corrected chi connectivity index (χ3v) is 4.64. The molecule has 0 bridgehead atoms. The number of anilines is 1. The van der Waals surface area contributed by atoms with E-state index in [1.54, 1.807) is 23.1 Å².